The predicted molar refractivity (Wildman–Crippen MR) is 69.4 cm³/mol. The van der Waals surface area contributed by atoms with Crippen LogP contribution in [0.5, 0.6) is 0 Å². The third-order valence-corrected chi connectivity index (χ3v) is 3.89. The van der Waals surface area contributed by atoms with Crippen molar-refractivity contribution >= 4 is 27.7 Å². The van der Waals surface area contributed by atoms with Crippen LogP contribution in [0.1, 0.15) is 18.5 Å². The van der Waals surface area contributed by atoms with E-state index in [2.05, 4.69) is 46.4 Å². The van der Waals surface area contributed by atoms with E-state index in [0.717, 1.165) is 10.2 Å². The Labute approximate surface area is 104 Å². The average molecular weight is 290 g/mol. The molecule has 1 aromatic carbocycles. The molecule has 0 aromatic heterocycles. The van der Waals surface area contributed by atoms with E-state index in [1.54, 1.807) is 11.8 Å². The molecule has 0 aliphatic carbocycles. The summed E-state index contributed by atoms with van der Waals surface area (Å²) in [5, 5.41) is 11.9. The molecular weight excluding hydrogens is 274 g/mol. The van der Waals surface area contributed by atoms with Gasteiger partial charge in [0, 0.05) is 21.2 Å². The number of hydrogen-bond acceptors (Lipinski definition) is 3. The van der Waals surface area contributed by atoms with Crippen LogP contribution in [0.4, 0.5) is 0 Å². The molecule has 4 heteroatoms. The van der Waals surface area contributed by atoms with Crippen molar-refractivity contribution < 1.29 is 5.11 Å². The smallest absolute Gasteiger partial charge is 0.0525 e. The molecule has 0 bridgehead atoms. The number of rotatable bonds is 5. The standard InChI is InChI=1S/C11H16BrNOS/c1-8(13-2)10-4-3-9(7-11(10)12)15-6-5-14/h3-4,7-8,13-14H,5-6H2,1-2H3. The van der Waals surface area contributed by atoms with Crippen molar-refractivity contribution in [2.45, 2.75) is 17.9 Å². The molecule has 2 N–H and O–H groups in total. The van der Waals surface area contributed by atoms with Gasteiger partial charge in [-0.25, -0.2) is 0 Å². The van der Waals surface area contributed by atoms with Gasteiger partial charge in [0.1, 0.15) is 0 Å². The molecule has 0 spiro atoms. The SMILES string of the molecule is CNC(C)c1ccc(SCCO)cc1Br. The number of halogens is 1. The Hall–Kier alpha value is -0.0300. The van der Waals surface area contributed by atoms with E-state index in [4.69, 9.17) is 5.11 Å². The summed E-state index contributed by atoms with van der Waals surface area (Å²) >= 11 is 5.23. The summed E-state index contributed by atoms with van der Waals surface area (Å²) in [5.74, 6) is 0.743. The first-order valence-corrected chi connectivity index (χ1v) is 6.67. The van der Waals surface area contributed by atoms with Crippen molar-refractivity contribution in [3.05, 3.63) is 28.2 Å². The molecule has 1 atom stereocenters. The van der Waals surface area contributed by atoms with Gasteiger partial charge >= 0.3 is 0 Å². The normalized spacial score (nSPS) is 12.8. The Balaban J connectivity index is 2.78. The number of thioether (sulfide) groups is 1. The molecule has 84 valence electrons. The molecule has 0 saturated heterocycles. The summed E-state index contributed by atoms with van der Waals surface area (Å²) in [6, 6.07) is 6.65. The molecular formula is C11H16BrNOS. The van der Waals surface area contributed by atoms with Crippen LogP contribution in [-0.4, -0.2) is 24.5 Å². The van der Waals surface area contributed by atoms with E-state index in [1.807, 2.05) is 7.05 Å². The molecule has 0 fully saturated rings. The summed E-state index contributed by atoms with van der Waals surface area (Å²) < 4.78 is 1.12. The van der Waals surface area contributed by atoms with Crippen LogP contribution in [0.15, 0.2) is 27.6 Å². The quantitative estimate of drug-likeness (QED) is 0.818. The second kappa shape index (κ2) is 6.53. The summed E-state index contributed by atoms with van der Waals surface area (Å²) in [5.41, 5.74) is 1.26. The number of benzene rings is 1. The Morgan fingerprint density at radius 1 is 1.53 bits per heavy atom. The third-order valence-electron chi connectivity index (χ3n) is 2.23. The van der Waals surface area contributed by atoms with Crippen LogP contribution in [0.2, 0.25) is 0 Å². The Morgan fingerprint density at radius 2 is 2.27 bits per heavy atom. The van der Waals surface area contributed by atoms with Gasteiger partial charge in [-0.2, -0.15) is 0 Å². The minimum absolute atomic E-state index is 0.219. The molecule has 2 nitrogen and oxygen atoms in total. The predicted octanol–water partition coefficient (Wildman–Crippen LogP) is 2.81. The Bertz CT molecular complexity index is 319. The van der Waals surface area contributed by atoms with Gasteiger partial charge in [-0.1, -0.05) is 22.0 Å². The minimum Gasteiger partial charge on any atom is -0.396 e. The lowest BCUT2D eigenvalue weighted by Crippen LogP contribution is -2.12. The Morgan fingerprint density at radius 3 is 2.80 bits per heavy atom. The van der Waals surface area contributed by atoms with E-state index in [-0.39, 0.29) is 6.61 Å². The molecule has 0 heterocycles. The van der Waals surface area contributed by atoms with Gasteiger partial charge in [0.2, 0.25) is 0 Å². The second-order valence-electron chi connectivity index (χ2n) is 3.27. The first kappa shape index (κ1) is 13.0. The largest absolute Gasteiger partial charge is 0.396 e. The summed E-state index contributed by atoms with van der Waals surface area (Å²) in [6.07, 6.45) is 0. The first-order valence-electron chi connectivity index (χ1n) is 4.89. The lowest BCUT2D eigenvalue weighted by Gasteiger charge is -2.13. The zero-order valence-corrected chi connectivity index (χ0v) is 11.4. The molecule has 0 amide bonds. The molecule has 1 aromatic rings. The fourth-order valence-corrected chi connectivity index (χ4v) is 2.83. The fraction of sp³-hybridized carbons (Fsp3) is 0.455. The summed E-state index contributed by atoms with van der Waals surface area (Å²) in [4.78, 5) is 1.18. The number of nitrogens with one attached hydrogen (secondary N) is 1. The van der Waals surface area contributed by atoms with Crippen LogP contribution in [-0.2, 0) is 0 Å². The van der Waals surface area contributed by atoms with Gasteiger partial charge in [0.25, 0.3) is 0 Å². The maximum Gasteiger partial charge on any atom is 0.0525 e. The molecule has 1 rings (SSSR count). The fourth-order valence-electron chi connectivity index (χ4n) is 1.27. The molecule has 15 heavy (non-hydrogen) atoms. The van der Waals surface area contributed by atoms with Crippen molar-refractivity contribution in [3.63, 3.8) is 0 Å². The lowest BCUT2D eigenvalue weighted by atomic mass is 10.1. The number of aliphatic hydroxyl groups excluding tert-OH is 1. The molecule has 0 radical (unpaired) electrons. The lowest BCUT2D eigenvalue weighted by molar-refractivity contribution is 0.322. The van der Waals surface area contributed by atoms with Crippen LogP contribution in [0, 0.1) is 0 Å². The molecule has 0 saturated carbocycles. The highest BCUT2D eigenvalue weighted by Crippen LogP contribution is 2.28. The van der Waals surface area contributed by atoms with E-state index in [0.29, 0.717) is 6.04 Å². The summed E-state index contributed by atoms with van der Waals surface area (Å²) in [6.45, 7) is 2.34. The van der Waals surface area contributed by atoms with Crippen molar-refractivity contribution in [2.24, 2.45) is 0 Å². The maximum atomic E-state index is 8.74. The molecule has 0 aliphatic rings. The zero-order valence-electron chi connectivity index (χ0n) is 8.96. The monoisotopic (exact) mass is 289 g/mol. The highest BCUT2D eigenvalue weighted by molar-refractivity contribution is 9.10. The Kier molecular flexibility index (Phi) is 5.68. The second-order valence-corrected chi connectivity index (χ2v) is 5.29. The van der Waals surface area contributed by atoms with E-state index < -0.39 is 0 Å². The average Bonchev–Trinajstić information content (AvgIpc) is 2.25. The van der Waals surface area contributed by atoms with Gasteiger partial charge in [0.15, 0.2) is 0 Å². The van der Waals surface area contributed by atoms with Gasteiger partial charge in [-0.15, -0.1) is 11.8 Å². The molecule has 0 aliphatic heterocycles. The van der Waals surface area contributed by atoms with Gasteiger partial charge < -0.3 is 10.4 Å². The first-order chi connectivity index (χ1) is 7.19. The van der Waals surface area contributed by atoms with Crippen LogP contribution in [0.25, 0.3) is 0 Å². The maximum absolute atomic E-state index is 8.74. The number of aliphatic hydroxyl groups is 1. The van der Waals surface area contributed by atoms with Crippen molar-refractivity contribution in [1.29, 1.82) is 0 Å². The number of hydrogen-bond donors (Lipinski definition) is 2. The highest BCUT2D eigenvalue weighted by Gasteiger charge is 2.07. The summed E-state index contributed by atoms with van der Waals surface area (Å²) in [7, 11) is 1.95. The van der Waals surface area contributed by atoms with E-state index in [1.165, 1.54) is 10.5 Å². The van der Waals surface area contributed by atoms with Crippen LogP contribution < -0.4 is 5.32 Å². The zero-order chi connectivity index (χ0) is 11.3. The van der Waals surface area contributed by atoms with Crippen LogP contribution >= 0.6 is 27.7 Å². The van der Waals surface area contributed by atoms with E-state index in [9.17, 15) is 0 Å². The van der Waals surface area contributed by atoms with Crippen LogP contribution in [0.3, 0.4) is 0 Å². The van der Waals surface area contributed by atoms with Gasteiger partial charge in [-0.05, 0) is 31.7 Å². The third kappa shape index (κ3) is 3.79. The topological polar surface area (TPSA) is 32.3 Å². The van der Waals surface area contributed by atoms with Crippen molar-refractivity contribution in [2.75, 3.05) is 19.4 Å². The van der Waals surface area contributed by atoms with E-state index >= 15 is 0 Å². The molecule has 1 unspecified atom stereocenters. The van der Waals surface area contributed by atoms with Gasteiger partial charge in [0.05, 0.1) is 6.61 Å². The van der Waals surface area contributed by atoms with Gasteiger partial charge in [-0.3, -0.25) is 0 Å². The minimum atomic E-state index is 0.219. The van der Waals surface area contributed by atoms with Crippen molar-refractivity contribution in [3.8, 4) is 0 Å². The van der Waals surface area contributed by atoms with Crippen molar-refractivity contribution in [1.82, 2.24) is 5.32 Å². The highest BCUT2D eigenvalue weighted by atomic mass is 79.9.